The average molecular weight is 317 g/mol. The van der Waals surface area contributed by atoms with Crippen molar-refractivity contribution in [3.8, 4) is 5.75 Å². The SMILES string of the molecule is CCOc1ccccc1C(=O)OCC(=O)Nc1ccc(F)cc1. The van der Waals surface area contributed by atoms with Crippen molar-refractivity contribution < 1.29 is 23.5 Å². The Labute approximate surface area is 133 Å². The van der Waals surface area contributed by atoms with Crippen molar-refractivity contribution in [3.05, 3.63) is 59.9 Å². The van der Waals surface area contributed by atoms with Gasteiger partial charge < -0.3 is 14.8 Å². The summed E-state index contributed by atoms with van der Waals surface area (Å²) in [6.07, 6.45) is 0. The predicted octanol–water partition coefficient (Wildman–Crippen LogP) is 3.02. The molecule has 0 fully saturated rings. The Morgan fingerprint density at radius 1 is 1.09 bits per heavy atom. The summed E-state index contributed by atoms with van der Waals surface area (Å²) in [6.45, 7) is 1.77. The van der Waals surface area contributed by atoms with Crippen molar-refractivity contribution in [1.82, 2.24) is 0 Å². The first-order chi connectivity index (χ1) is 11.1. The number of esters is 1. The fourth-order valence-corrected chi connectivity index (χ4v) is 1.86. The smallest absolute Gasteiger partial charge is 0.342 e. The number of hydrogen-bond donors (Lipinski definition) is 1. The van der Waals surface area contributed by atoms with E-state index in [0.717, 1.165) is 0 Å². The third-order valence-electron chi connectivity index (χ3n) is 2.87. The quantitative estimate of drug-likeness (QED) is 0.832. The van der Waals surface area contributed by atoms with Crippen LogP contribution in [0.2, 0.25) is 0 Å². The highest BCUT2D eigenvalue weighted by molar-refractivity contribution is 5.96. The summed E-state index contributed by atoms with van der Waals surface area (Å²) < 4.78 is 23.1. The molecular weight excluding hydrogens is 301 g/mol. The van der Waals surface area contributed by atoms with Crippen LogP contribution in [0.4, 0.5) is 10.1 Å². The normalized spacial score (nSPS) is 10.0. The highest BCUT2D eigenvalue weighted by Gasteiger charge is 2.15. The van der Waals surface area contributed by atoms with E-state index in [1.54, 1.807) is 31.2 Å². The molecule has 0 spiro atoms. The second kappa shape index (κ2) is 7.93. The van der Waals surface area contributed by atoms with Gasteiger partial charge in [-0.15, -0.1) is 0 Å². The second-order valence-corrected chi connectivity index (χ2v) is 4.56. The minimum atomic E-state index is -0.650. The van der Waals surface area contributed by atoms with Gasteiger partial charge in [-0.3, -0.25) is 4.79 Å². The van der Waals surface area contributed by atoms with E-state index in [2.05, 4.69) is 5.32 Å². The third kappa shape index (κ3) is 4.81. The summed E-state index contributed by atoms with van der Waals surface area (Å²) in [7, 11) is 0. The summed E-state index contributed by atoms with van der Waals surface area (Å²) >= 11 is 0. The van der Waals surface area contributed by atoms with Gasteiger partial charge in [0.15, 0.2) is 6.61 Å². The predicted molar refractivity (Wildman–Crippen MR) is 82.9 cm³/mol. The number of benzene rings is 2. The minimum Gasteiger partial charge on any atom is -0.493 e. The average Bonchev–Trinajstić information content (AvgIpc) is 2.56. The molecule has 0 bridgehead atoms. The molecule has 120 valence electrons. The summed E-state index contributed by atoms with van der Waals surface area (Å²) in [5, 5.41) is 2.50. The number of carbonyl (C=O) groups excluding carboxylic acids is 2. The molecule has 2 aromatic rings. The second-order valence-electron chi connectivity index (χ2n) is 4.56. The maximum atomic E-state index is 12.8. The van der Waals surface area contributed by atoms with Crippen molar-refractivity contribution in [1.29, 1.82) is 0 Å². The van der Waals surface area contributed by atoms with Crippen LogP contribution in [-0.2, 0) is 9.53 Å². The Bertz CT molecular complexity index is 685. The van der Waals surface area contributed by atoms with E-state index in [0.29, 0.717) is 18.0 Å². The maximum absolute atomic E-state index is 12.8. The first-order valence-corrected chi connectivity index (χ1v) is 7.04. The van der Waals surface area contributed by atoms with Crippen LogP contribution in [0.25, 0.3) is 0 Å². The van der Waals surface area contributed by atoms with Crippen molar-refractivity contribution in [3.63, 3.8) is 0 Å². The van der Waals surface area contributed by atoms with Gasteiger partial charge in [0.25, 0.3) is 5.91 Å². The molecule has 6 heteroatoms. The summed E-state index contributed by atoms with van der Waals surface area (Å²) in [5.74, 6) is -1.16. The van der Waals surface area contributed by atoms with Crippen LogP contribution in [0.3, 0.4) is 0 Å². The zero-order chi connectivity index (χ0) is 16.7. The largest absolute Gasteiger partial charge is 0.493 e. The molecule has 0 heterocycles. The van der Waals surface area contributed by atoms with Crippen LogP contribution < -0.4 is 10.1 Å². The molecule has 0 aliphatic rings. The maximum Gasteiger partial charge on any atom is 0.342 e. The van der Waals surface area contributed by atoms with E-state index in [-0.39, 0.29) is 5.56 Å². The molecule has 0 aliphatic carbocycles. The fourth-order valence-electron chi connectivity index (χ4n) is 1.86. The number of ether oxygens (including phenoxy) is 2. The molecule has 0 saturated carbocycles. The van der Waals surface area contributed by atoms with E-state index in [9.17, 15) is 14.0 Å². The number of halogens is 1. The molecule has 2 rings (SSSR count). The Morgan fingerprint density at radius 3 is 2.48 bits per heavy atom. The lowest BCUT2D eigenvalue weighted by Crippen LogP contribution is -2.21. The Morgan fingerprint density at radius 2 is 1.78 bits per heavy atom. The summed E-state index contributed by atoms with van der Waals surface area (Å²) in [6, 6.07) is 11.9. The van der Waals surface area contributed by atoms with E-state index < -0.39 is 24.3 Å². The van der Waals surface area contributed by atoms with Crippen LogP contribution in [0.1, 0.15) is 17.3 Å². The zero-order valence-electron chi connectivity index (χ0n) is 12.5. The number of anilines is 1. The lowest BCUT2D eigenvalue weighted by Gasteiger charge is -2.10. The van der Waals surface area contributed by atoms with Gasteiger partial charge in [-0.05, 0) is 43.3 Å². The Hall–Kier alpha value is -2.89. The van der Waals surface area contributed by atoms with Crippen LogP contribution in [0.15, 0.2) is 48.5 Å². The molecule has 0 aliphatic heterocycles. The lowest BCUT2D eigenvalue weighted by molar-refractivity contribution is -0.119. The number of carbonyl (C=O) groups is 2. The summed E-state index contributed by atoms with van der Waals surface area (Å²) in [4.78, 5) is 23.7. The minimum absolute atomic E-state index is 0.254. The van der Waals surface area contributed by atoms with Crippen molar-refractivity contribution >= 4 is 17.6 Å². The van der Waals surface area contributed by atoms with Gasteiger partial charge in [0.1, 0.15) is 17.1 Å². The number of amides is 1. The van der Waals surface area contributed by atoms with E-state index in [1.165, 1.54) is 24.3 Å². The molecule has 0 aromatic heterocycles. The van der Waals surface area contributed by atoms with Crippen LogP contribution >= 0.6 is 0 Å². The monoisotopic (exact) mass is 317 g/mol. The first kappa shape index (κ1) is 16.5. The fraction of sp³-hybridized carbons (Fsp3) is 0.176. The molecular formula is C17H16FNO4. The first-order valence-electron chi connectivity index (χ1n) is 7.04. The van der Waals surface area contributed by atoms with Crippen LogP contribution in [0, 0.1) is 5.82 Å². The molecule has 0 unspecified atom stereocenters. The third-order valence-corrected chi connectivity index (χ3v) is 2.87. The van der Waals surface area contributed by atoms with E-state index in [1.807, 2.05) is 0 Å². The lowest BCUT2D eigenvalue weighted by atomic mass is 10.2. The molecule has 2 aromatic carbocycles. The highest BCUT2D eigenvalue weighted by Crippen LogP contribution is 2.18. The Balaban J connectivity index is 1.91. The van der Waals surface area contributed by atoms with Gasteiger partial charge in [0, 0.05) is 5.69 Å². The van der Waals surface area contributed by atoms with Gasteiger partial charge in [-0.1, -0.05) is 12.1 Å². The van der Waals surface area contributed by atoms with Crippen molar-refractivity contribution in [2.24, 2.45) is 0 Å². The van der Waals surface area contributed by atoms with Gasteiger partial charge in [-0.2, -0.15) is 0 Å². The molecule has 0 atom stereocenters. The number of nitrogens with one attached hydrogen (secondary N) is 1. The molecule has 1 amide bonds. The van der Waals surface area contributed by atoms with Gasteiger partial charge in [0.05, 0.1) is 6.61 Å². The highest BCUT2D eigenvalue weighted by atomic mass is 19.1. The molecule has 0 saturated heterocycles. The van der Waals surface area contributed by atoms with Crippen LogP contribution in [-0.4, -0.2) is 25.1 Å². The Kier molecular flexibility index (Phi) is 5.68. The standard InChI is InChI=1S/C17H16FNO4/c1-2-22-15-6-4-3-5-14(15)17(21)23-11-16(20)19-13-9-7-12(18)8-10-13/h3-10H,2,11H2,1H3,(H,19,20). The molecule has 5 nitrogen and oxygen atoms in total. The molecule has 0 radical (unpaired) electrons. The van der Waals surface area contributed by atoms with Gasteiger partial charge in [-0.25, -0.2) is 9.18 Å². The van der Waals surface area contributed by atoms with E-state index >= 15 is 0 Å². The number of hydrogen-bond acceptors (Lipinski definition) is 4. The van der Waals surface area contributed by atoms with Gasteiger partial charge >= 0.3 is 5.97 Å². The van der Waals surface area contributed by atoms with Crippen molar-refractivity contribution in [2.45, 2.75) is 6.92 Å². The van der Waals surface area contributed by atoms with E-state index in [4.69, 9.17) is 9.47 Å². The summed E-state index contributed by atoms with van der Waals surface area (Å²) in [5.41, 5.74) is 0.672. The molecule has 23 heavy (non-hydrogen) atoms. The zero-order valence-corrected chi connectivity index (χ0v) is 12.5. The number of para-hydroxylation sites is 1. The number of rotatable bonds is 6. The molecule has 1 N–H and O–H groups in total. The van der Waals surface area contributed by atoms with Gasteiger partial charge in [0.2, 0.25) is 0 Å². The van der Waals surface area contributed by atoms with Crippen LogP contribution in [0.5, 0.6) is 5.75 Å². The topological polar surface area (TPSA) is 64.6 Å². The van der Waals surface area contributed by atoms with Crippen molar-refractivity contribution in [2.75, 3.05) is 18.5 Å².